The first-order chi connectivity index (χ1) is 8.27. The maximum Gasteiger partial charge on any atom is 0.305 e. The Balaban J connectivity index is 1.95. The third-order valence-corrected chi connectivity index (χ3v) is 3.51. The lowest BCUT2D eigenvalue weighted by atomic mass is 10.1. The predicted octanol–water partition coefficient (Wildman–Crippen LogP) is 1.57. The minimum atomic E-state index is -0.107. The Bertz CT molecular complexity index is 221. The highest BCUT2D eigenvalue weighted by molar-refractivity contribution is 5.68. The Hall–Kier alpha value is -0.610. The van der Waals surface area contributed by atoms with Gasteiger partial charge in [0.1, 0.15) is 0 Å². The molecule has 17 heavy (non-hydrogen) atoms. The van der Waals surface area contributed by atoms with Crippen LogP contribution in [0.4, 0.5) is 0 Å². The molecule has 1 rings (SSSR count). The van der Waals surface area contributed by atoms with Gasteiger partial charge in [0.2, 0.25) is 0 Å². The number of likely N-dealkylation sites (tertiary alicyclic amines) is 1. The smallest absolute Gasteiger partial charge is 0.305 e. The van der Waals surface area contributed by atoms with E-state index in [9.17, 15) is 9.90 Å². The second kappa shape index (κ2) is 8.48. The van der Waals surface area contributed by atoms with Crippen molar-refractivity contribution in [3.8, 4) is 0 Å². The van der Waals surface area contributed by atoms with Crippen LogP contribution in [0.5, 0.6) is 0 Å². The van der Waals surface area contributed by atoms with E-state index in [1.807, 2.05) is 0 Å². The second-order valence-electron chi connectivity index (χ2n) is 4.75. The molecule has 0 amide bonds. The largest absolute Gasteiger partial charge is 0.469 e. The number of unbranched alkanes of at least 4 members (excludes halogenated alkanes) is 3. The Morgan fingerprint density at radius 2 is 2.12 bits per heavy atom. The van der Waals surface area contributed by atoms with E-state index in [4.69, 9.17) is 0 Å². The molecule has 1 aliphatic heterocycles. The Morgan fingerprint density at radius 3 is 2.82 bits per heavy atom. The number of hydrogen-bond acceptors (Lipinski definition) is 4. The van der Waals surface area contributed by atoms with Gasteiger partial charge in [-0.3, -0.25) is 9.69 Å². The quantitative estimate of drug-likeness (QED) is 0.519. The van der Waals surface area contributed by atoms with Gasteiger partial charge in [-0.1, -0.05) is 12.8 Å². The van der Waals surface area contributed by atoms with Crippen molar-refractivity contribution < 1.29 is 14.6 Å². The molecule has 1 heterocycles. The molecule has 0 aliphatic carbocycles. The average molecular weight is 243 g/mol. The van der Waals surface area contributed by atoms with Crippen molar-refractivity contribution in [2.24, 2.45) is 0 Å². The van der Waals surface area contributed by atoms with Crippen LogP contribution in [0, 0.1) is 0 Å². The third kappa shape index (κ3) is 5.50. The van der Waals surface area contributed by atoms with Crippen molar-refractivity contribution in [2.45, 2.75) is 51.0 Å². The van der Waals surface area contributed by atoms with Gasteiger partial charge in [-0.05, 0) is 38.8 Å². The predicted molar refractivity (Wildman–Crippen MR) is 66.8 cm³/mol. The highest BCUT2D eigenvalue weighted by atomic mass is 16.5. The monoisotopic (exact) mass is 243 g/mol. The van der Waals surface area contributed by atoms with Gasteiger partial charge in [0, 0.05) is 12.5 Å². The molecular formula is C13H25NO3. The van der Waals surface area contributed by atoms with E-state index >= 15 is 0 Å². The van der Waals surface area contributed by atoms with E-state index in [1.54, 1.807) is 0 Å². The molecule has 0 saturated carbocycles. The summed E-state index contributed by atoms with van der Waals surface area (Å²) in [6.07, 6.45) is 7.23. The fourth-order valence-corrected chi connectivity index (χ4v) is 2.44. The summed E-state index contributed by atoms with van der Waals surface area (Å²) in [6, 6.07) is 0.394. The first-order valence-corrected chi connectivity index (χ1v) is 6.69. The molecule has 4 nitrogen and oxygen atoms in total. The molecular weight excluding hydrogens is 218 g/mol. The number of nitrogens with zero attached hydrogens (tertiary/aromatic N) is 1. The zero-order valence-corrected chi connectivity index (χ0v) is 10.9. The molecule has 1 atom stereocenters. The minimum absolute atomic E-state index is 0.107. The summed E-state index contributed by atoms with van der Waals surface area (Å²) in [5.41, 5.74) is 0. The maximum atomic E-state index is 10.9. The third-order valence-electron chi connectivity index (χ3n) is 3.51. The van der Waals surface area contributed by atoms with Crippen LogP contribution in [0.3, 0.4) is 0 Å². The van der Waals surface area contributed by atoms with Gasteiger partial charge in [0.05, 0.1) is 13.7 Å². The number of ether oxygens (including phenoxy) is 1. The second-order valence-corrected chi connectivity index (χ2v) is 4.75. The summed E-state index contributed by atoms with van der Waals surface area (Å²) >= 11 is 0. The molecule has 100 valence electrons. The molecule has 0 aromatic carbocycles. The molecule has 0 aromatic heterocycles. The van der Waals surface area contributed by atoms with Gasteiger partial charge >= 0.3 is 5.97 Å². The number of carbonyl (C=O) groups is 1. The number of aliphatic hydroxyl groups excluding tert-OH is 1. The van der Waals surface area contributed by atoms with Crippen molar-refractivity contribution in [3.63, 3.8) is 0 Å². The summed E-state index contributed by atoms with van der Waals surface area (Å²) in [4.78, 5) is 13.3. The standard InChI is InChI=1S/C13H25NO3/c1-17-13(16)8-4-2-3-5-9-14-10-6-7-12(14)11-15/h12,15H,2-11H2,1H3. The summed E-state index contributed by atoms with van der Waals surface area (Å²) in [6.45, 7) is 2.51. The van der Waals surface area contributed by atoms with Crippen LogP contribution in [-0.4, -0.2) is 48.8 Å². The van der Waals surface area contributed by atoms with Crippen molar-refractivity contribution in [2.75, 3.05) is 26.8 Å². The number of carbonyl (C=O) groups excluding carboxylic acids is 1. The van der Waals surface area contributed by atoms with E-state index in [0.717, 1.165) is 45.2 Å². The van der Waals surface area contributed by atoms with Crippen LogP contribution in [0.25, 0.3) is 0 Å². The van der Waals surface area contributed by atoms with E-state index in [0.29, 0.717) is 19.1 Å². The topological polar surface area (TPSA) is 49.8 Å². The van der Waals surface area contributed by atoms with Gasteiger partial charge in [-0.2, -0.15) is 0 Å². The summed E-state index contributed by atoms with van der Waals surface area (Å²) in [7, 11) is 1.44. The first kappa shape index (κ1) is 14.5. The fraction of sp³-hybridized carbons (Fsp3) is 0.923. The summed E-state index contributed by atoms with van der Waals surface area (Å²) in [5.74, 6) is -0.107. The molecule has 1 fully saturated rings. The Morgan fingerprint density at radius 1 is 1.35 bits per heavy atom. The van der Waals surface area contributed by atoms with E-state index in [-0.39, 0.29) is 5.97 Å². The molecule has 1 aliphatic rings. The highest BCUT2D eigenvalue weighted by Crippen LogP contribution is 2.17. The maximum absolute atomic E-state index is 10.9. The van der Waals surface area contributed by atoms with Gasteiger partial charge in [0.25, 0.3) is 0 Å². The van der Waals surface area contributed by atoms with E-state index in [1.165, 1.54) is 13.5 Å². The van der Waals surface area contributed by atoms with Gasteiger partial charge < -0.3 is 9.84 Å². The average Bonchev–Trinajstić information content (AvgIpc) is 2.80. The van der Waals surface area contributed by atoms with Crippen LogP contribution in [0.15, 0.2) is 0 Å². The summed E-state index contributed by atoms with van der Waals surface area (Å²) < 4.78 is 4.59. The molecule has 1 unspecified atom stereocenters. The number of hydrogen-bond donors (Lipinski definition) is 1. The van der Waals surface area contributed by atoms with Crippen LogP contribution in [0.2, 0.25) is 0 Å². The lowest BCUT2D eigenvalue weighted by Crippen LogP contribution is -2.32. The molecule has 0 spiro atoms. The van der Waals surface area contributed by atoms with Gasteiger partial charge in [-0.25, -0.2) is 0 Å². The molecule has 0 radical (unpaired) electrons. The van der Waals surface area contributed by atoms with Crippen molar-refractivity contribution in [3.05, 3.63) is 0 Å². The lowest BCUT2D eigenvalue weighted by molar-refractivity contribution is -0.140. The molecule has 0 bridgehead atoms. The number of aliphatic hydroxyl groups is 1. The molecule has 1 N–H and O–H groups in total. The fourth-order valence-electron chi connectivity index (χ4n) is 2.44. The molecule has 1 saturated heterocycles. The number of rotatable bonds is 8. The number of esters is 1. The van der Waals surface area contributed by atoms with Gasteiger partial charge in [-0.15, -0.1) is 0 Å². The van der Waals surface area contributed by atoms with Crippen LogP contribution in [-0.2, 0) is 9.53 Å². The zero-order chi connectivity index (χ0) is 12.5. The SMILES string of the molecule is COC(=O)CCCCCCN1CCCC1CO. The minimum Gasteiger partial charge on any atom is -0.469 e. The number of methoxy groups -OCH3 is 1. The highest BCUT2D eigenvalue weighted by Gasteiger charge is 2.22. The molecule has 4 heteroatoms. The molecule has 0 aromatic rings. The van der Waals surface area contributed by atoms with E-state index < -0.39 is 0 Å². The van der Waals surface area contributed by atoms with Crippen molar-refractivity contribution in [1.82, 2.24) is 4.90 Å². The summed E-state index contributed by atoms with van der Waals surface area (Å²) in [5, 5.41) is 9.17. The van der Waals surface area contributed by atoms with Crippen LogP contribution in [0.1, 0.15) is 44.9 Å². The first-order valence-electron chi connectivity index (χ1n) is 6.69. The Kier molecular flexibility index (Phi) is 7.21. The Labute approximate surface area is 104 Å². The van der Waals surface area contributed by atoms with Crippen molar-refractivity contribution >= 4 is 5.97 Å². The van der Waals surface area contributed by atoms with Gasteiger partial charge in [0.15, 0.2) is 0 Å². The zero-order valence-electron chi connectivity index (χ0n) is 10.9. The van der Waals surface area contributed by atoms with Crippen LogP contribution >= 0.6 is 0 Å². The van der Waals surface area contributed by atoms with E-state index in [2.05, 4.69) is 9.64 Å². The van der Waals surface area contributed by atoms with Crippen LogP contribution < -0.4 is 0 Å². The lowest BCUT2D eigenvalue weighted by Gasteiger charge is -2.22. The normalized spacial score (nSPS) is 20.7. The van der Waals surface area contributed by atoms with Crippen molar-refractivity contribution in [1.29, 1.82) is 0 Å².